The van der Waals surface area contributed by atoms with E-state index in [1.807, 2.05) is 0 Å². The van der Waals surface area contributed by atoms with Crippen molar-refractivity contribution in [2.24, 2.45) is 0 Å². The summed E-state index contributed by atoms with van der Waals surface area (Å²) >= 11 is 2.10. The normalized spacial score (nSPS) is 9.00. The fourth-order valence-corrected chi connectivity index (χ4v) is 1.78. The summed E-state index contributed by atoms with van der Waals surface area (Å²) in [4.78, 5) is 0. The summed E-state index contributed by atoms with van der Waals surface area (Å²) in [5, 5.41) is 0. The van der Waals surface area contributed by atoms with Gasteiger partial charge in [0.2, 0.25) is 0 Å². The van der Waals surface area contributed by atoms with Crippen molar-refractivity contribution in [3.63, 3.8) is 0 Å². The molecule has 0 aliphatic heterocycles. The first-order valence-corrected chi connectivity index (χ1v) is 5.15. The van der Waals surface area contributed by atoms with E-state index in [0.717, 1.165) is 0 Å². The fourth-order valence-electron chi connectivity index (χ4n) is 0.595. The van der Waals surface area contributed by atoms with Crippen LogP contribution in [0.15, 0.2) is 0 Å². The first kappa shape index (κ1) is 14.5. The third-order valence-electron chi connectivity index (χ3n) is 1.28. The van der Waals surface area contributed by atoms with Gasteiger partial charge in [-0.1, -0.05) is 26.7 Å². The van der Waals surface area contributed by atoms with Gasteiger partial charge in [0.1, 0.15) is 0 Å². The number of unbranched alkanes of at least 4 members (excludes halogenated alkanes) is 2. The average molecular weight is 185 g/mol. The van der Waals surface area contributed by atoms with E-state index in [1.165, 1.54) is 37.2 Å². The Morgan fingerprint density at radius 3 is 1.60 bits per heavy atom. The smallest absolute Gasteiger partial charge is 0 e. The molecule has 0 aliphatic carbocycles. The SMILES string of the molecule is CCCCSCCCC.[K]. The van der Waals surface area contributed by atoms with E-state index < -0.39 is 0 Å². The van der Waals surface area contributed by atoms with Crippen molar-refractivity contribution in [3.05, 3.63) is 0 Å². The Balaban J connectivity index is 0. The summed E-state index contributed by atoms with van der Waals surface area (Å²) < 4.78 is 0. The van der Waals surface area contributed by atoms with Crippen LogP contribution in [0.2, 0.25) is 0 Å². The molecule has 2 heteroatoms. The second-order valence-corrected chi connectivity index (χ2v) is 3.54. The molecular formula is C8H18KS. The van der Waals surface area contributed by atoms with Crippen LogP contribution in [0.4, 0.5) is 0 Å². The summed E-state index contributed by atoms with van der Waals surface area (Å²) in [6.45, 7) is 4.50. The van der Waals surface area contributed by atoms with Crippen LogP contribution < -0.4 is 0 Å². The number of thioether (sulfide) groups is 1. The monoisotopic (exact) mass is 185 g/mol. The first-order valence-electron chi connectivity index (χ1n) is 3.99. The second-order valence-electron chi connectivity index (χ2n) is 2.32. The topological polar surface area (TPSA) is 0 Å². The minimum atomic E-state index is 0. The van der Waals surface area contributed by atoms with Crippen molar-refractivity contribution in [3.8, 4) is 0 Å². The van der Waals surface area contributed by atoms with Crippen LogP contribution in [0.1, 0.15) is 39.5 Å². The Hall–Kier alpha value is 1.99. The molecule has 1 radical (unpaired) electrons. The Bertz CT molecular complexity index is 42.5. The maximum atomic E-state index is 2.25. The third kappa shape index (κ3) is 12.6. The predicted octanol–water partition coefficient (Wildman–Crippen LogP) is 2.94. The summed E-state index contributed by atoms with van der Waals surface area (Å²) in [7, 11) is 0. The van der Waals surface area contributed by atoms with Crippen LogP contribution in [0, 0.1) is 0 Å². The van der Waals surface area contributed by atoms with E-state index in [-0.39, 0.29) is 51.4 Å². The van der Waals surface area contributed by atoms with Gasteiger partial charge in [-0.15, -0.1) is 0 Å². The van der Waals surface area contributed by atoms with Gasteiger partial charge in [0, 0.05) is 51.4 Å². The van der Waals surface area contributed by atoms with Crippen molar-refractivity contribution in [2.75, 3.05) is 11.5 Å². The zero-order chi connectivity index (χ0) is 6.95. The molecule has 57 valence electrons. The maximum Gasteiger partial charge on any atom is 0 e. The van der Waals surface area contributed by atoms with Crippen LogP contribution in [0.25, 0.3) is 0 Å². The third-order valence-corrected chi connectivity index (χ3v) is 2.44. The van der Waals surface area contributed by atoms with Gasteiger partial charge in [0.05, 0.1) is 0 Å². The van der Waals surface area contributed by atoms with Crippen LogP contribution in [0.3, 0.4) is 0 Å². The Labute approximate surface area is 112 Å². The number of hydrogen-bond acceptors (Lipinski definition) is 1. The quantitative estimate of drug-likeness (QED) is 0.453. The number of hydrogen-bond donors (Lipinski definition) is 0. The van der Waals surface area contributed by atoms with Gasteiger partial charge in [-0.25, -0.2) is 0 Å². The zero-order valence-corrected chi connectivity index (χ0v) is 11.6. The summed E-state index contributed by atoms with van der Waals surface area (Å²) in [5.41, 5.74) is 0. The molecular weight excluding hydrogens is 167 g/mol. The average Bonchev–Trinajstić information content (AvgIpc) is 1.89. The molecule has 0 saturated heterocycles. The number of rotatable bonds is 6. The first-order chi connectivity index (χ1) is 4.41. The molecule has 10 heavy (non-hydrogen) atoms. The van der Waals surface area contributed by atoms with E-state index in [1.54, 1.807) is 0 Å². The van der Waals surface area contributed by atoms with Crippen molar-refractivity contribution in [1.29, 1.82) is 0 Å². The molecule has 0 bridgehead atoms. The Kier molecular flexibility index (Phi) is 19.7. The van der Waals surface area contributed by atoms with Gasteiger partial charge in [0.25, 0.3) is 0 Å². The van der Waals surface area contributed by atoms with E-state index in [2.05, 4.69) is 25.6 Å². The summed E-state index contributed by atoms with van der Waals surface area (Å²) in [5.74, 6) is 2.74. The molecule has 0 aromatic heterocycles. The molecule has 0 amide bonds. The molecule has 0 atom stereocenters. The van der Waals surface area contributed by atoms with Gasteiger partial charge in [0.15, 0.2) is 0 Å². The molecule has 0 nitrogen and oxygen atoms in total. The van der Waals surface area contributed by atoms with Crippen LogP contribution in [-0.2, 0) is 0 Å². The van der Waals surface area contributed by atoms with Gasteiger partial charge < -0.3 is 0 Å². The molecule has 0 heterocycles. The Morgan fingerprint density at radius 1 is 0.900 bits per heavy atom. The predicted molar refractivity (Wildman–Crippen MR) is 52.9 cm³/mol. The molecule has 0 N–H and O–H groups in total. The van der Waals surface area contributed by atoms with Crippen molar-refractivity contribution < 1.29 is 0 Å². The molecule has 0 aliphatic rings. The van der Waals surface area contributed by atoms with Gasteiger partial charge >= 0.3 is 0 Å². The van der Waals surface area contributed by atoms with Gasteiger partial charge in [-0.05, 0) is 24.3 Å². The van der Waals surface area contributed by atoms with Crippen molar-refractivity contribution in [2.45, 2.75) is 39.5 Å². The largest absolute Gasteiger partial charge is 0.162 e. The van der Waals surface area contributed by atoms with Crippen molar-refractivity contribution >= 4 is 63.1 Å². The zero-order valence-electron chi connectivity index (χ0n) is 7.65. The molecule has 0 aromatic rings. The van der Waals surface area contributed by atoms with E-state index in [4.69, 9.17) is 0 Å². The van der Waals surface area contributed by atoms with E-state index in [0.29, 0.717) is 0 Å². The molecule has 0 fully saturated rings. The summed E-state index contributed by atoms with van der Waals surface area (Å²) in [6, 6.07) is 0. The van der Waals surface area contributed by atoms with Crippen LogP contribution in [-0.4, -0.2) is 62.9 Å². The molecule has 0 saturated carbocycles. The minimum absolute atomic E-state index is 0. The standard InChI is InChI=1S/C8H18S.K/c1-3-5-7-9-8-6-4-2;/h3-8H2,1-2H3;. The fraction of sp³-hybridized carbons (Fsp3) is 1.00. The van der Waals surface area contributed by atoms with Gasteiger partial charge in [-0.3, -0.25) is 0 Å². The molecule has 0 spiro atoms. The molecule has 0 rings (SSSR count). The Morgan fingerprint density at radius 2 is 1.30 bits per heavy atom. The van der Waals surface area contributed by atoms with E-state index in [9.17, 15) is 0 Å². The summed E-state index contributed by atoms with van der Waals surface area (Å²) in [6.07, 6.45) is 5.49. The molecule has 0 aromatic carbocycles. The van der Waals surface area contributed by atoms with E-state index >= 15 is 0 Å². The minimum Gasteiger partial charge on any atom is -0.162 e. The van der Waals surface area contributed by atoms with Gasteiger partial charge in [-0.2, -0.15) is 11.8 Å². The molecule has 0 unspecified atom stereocenters. The second kappa shape index (κ2) is 13.6. The van der Waals surface area contributed by atoms with Crippen LogP contribution in [0.5, 0.6) is 0 Å². The maximum absolute atomic E-state index is 2.25. The van der Waals surface area contributed by atoms with Crippen LogP contribution >= 0.6 is 11.8 Å². The van der Waals surface area contributed by atoms with Crippen molar-refractivity contribution in [1.82, 2.24) is 0 Å².